The summed E-state index contributed by atoms with van der Waals surface area (Å²) in [5.74, 6) is 1.67. The van der Waals surface area contributed by atoms with Crippen molar-refractivity contribution < 1.29 is 0 Å². The van der Waals surface area contributed by atoms with Gasteiger partial charge in [-0.25, -0.2) is 4.98 Å². The number of imidazole rings is 1. The molecule has 0 fully saturated rings. The van der Waals surface area contributed by atoms with E-state index in [1.807, 2.05) is 18.7 Å². The summed E-state index contributed by atoms with van der Waals surface area (Å²) in [5, 5.41) is 4.45. The highest BCUT2D eigenvalue weighted by molar-refractivity contribution is 6.17. The van der Waals surface area contributed by atoms with Crippen LogP contribution in [0.25, 0.3) is 11.2 Å². The molecule has 0 aliphatic rings. The molecule has 6 heteroatoms. The summed E-state index contributed by atoms with van der Waals surface area (Å²) in [6, 6.07) is 0. The Morgan fingerprint density at radius 2 is 2.05 bits per heavy atom. The summed E-state index contributed by atoms with van der Waals surface area (Å²) in [5.41, 5.74) is 3.10. The van der Waals surface area contributed by atoms with E-state index >= 15 is 0 Å². The number of aryl methyl sites for hydroxylation is 4. The van der Waals surface area contributed by atoms with Crippen molar-refractivity contribution in [2.75, 3.05) is 26.5 Å². The van der Waals surface area contributed by atoms with Crippen LogP contribution in [0.15, 0.2) is 0 Å². The minimum Gasteiger partial charge on any atom is -0.313 e. The molecule has 0 spiro atoms. The monoisotopic (exact) mass is 283 g/mol. The van der Waals surface area contributed by atoms with Gasteiger partial charge in [-0.1, -0.05) is 0 Å². The Labute approximate surface area is 119 Å². The van der Waals surface area contributed by atoms with Crippen LogP contribution < -0.4 is 0 Å². The minimum absolute atomic E-state index is 0.601. The molecule has 0 unspecified atom stereocenters. The van der Waals surface area contributed by atoms with Crippen LogP contribution in [0, 0.1) is 6.92 Å². The van der Waals surface area contributed by atoms with Gasteiger partial charge in [0.25, 0.3) is 0 Å². The Balaban J connectivity index is 2.34. The molecule has 5 nitrogen and oxygen atoms in total. The van der Waals surface area contributed by atoms with E-state index in [4.69, 9.17) is 16.6 Å². The Kier molecular flexibility index (Phi) is 4.47. The Morgan fingerprint density at radius 3 is 2.68 bits per heavy atom. The highest BCUT2D eigenvalue weighted by atomic mass is 35.5. The molecular formula is C13H22ClN5. The zero-order chi connectivity index (χ0) is 14.0. The maximum absolute atomic E-state index is 5.88. The van der Waals surface area contributed by atoms with Crippen molar-refractivity contribution in [3.63, 3.8) is 0 Å². The summed E-state index contributed by atoms with van der Waals surface area (Å²) in [6.45, 7) is 4.03. The lowest BCUT2D eigenvalue weighted by molar-refractivity contribution is 0.385. The predicted octanol–water partition coefficient (Wildman–Crippen LogP) is 1.81. The molecule has 2 aromatic heterocycles. The first kappa shape index (κ1) is 14.3. The topological polar surface area (TPSA) is 38.9 Å². The van der Waals surface area contributed by atoms with Crippen LogP contribution in [0.2, 0.25) is 0 Å². The maximum Gasteiger partial charge on any atom is 0.158 e. The molecule has 2 aromatic rings. The normalized spacial score (nSPS) is 11.9. The molecule has 0 N–H and O–H groups in total. The number of alkyl halides is 1. The zero-order valence-electron chi connectivity index (χ0n) is 12.1. The van der Waals surface area contributed by atoms with Crippen LogP contribution in [-0.4, -0.2) is 50.8 Å². The quantitative estimate of drug-likeness (QED) is 0.759. The number of halogens is 1. The maximum atomic E-state index is 5.88. The van der Waals surface area contributed by atoms with Crippen molar-refractivity contribution in [2.24, 2.45) is 7.05 Å². The van der Waals surface area contributed by atoms with Crippen LogP contribution in [0.1, 0.15) is 17.9 Å². The third kappa shape index (κ3) is 2.92. The van der Waals surface area contributed by atoms with Gasteiger partial charge in [0, 0.05) is 25.9 Å². The number of aromatic nitrogens is 4. The SMILES string of the molecule is Cc1nn(C)c2c1nc(CCCl)n2CCCN(C)C. The van der Waals surface area contributed by atoms with Gasteiger partial charge < -0.3 is 9.47 Å². The van der Waals surface area contributed by atoms with Crippen molar-refractivity contribution in [1.29, 1.82) is 0 Å². The molecule has 0 radical (unpaired) electrons. The van der Waals surface area contributed by atoms with Crippen LogP contribution >= 0.6 is 11.6 Å². The highest BCUT2D eigenvalue weighted by Crippen LogP contribution is 2.20. The molecule has 106 valence electrons. The number of rotatable bonds is 6. The number of hydrogen-bond acceptors (Lipinski definition) is 3. The molecule has 2 heterocycles. The summed E-state index contributed by atoms with van der Waals surface area (Å²) in [6.07, 6.45) is 1.90. The van der Waals surface area contributed by atoms with E-state index in [1.165, 1.54) is 0 Å². The Hall–Kier alpha value is -1.07. The lowest BCUT2D eigenvalue weighted by atomic mass is 10.3. The van der Waals surface area contributed by atoms with E-state index in [0.29, 0.717) is 5.88 Å². The second kappa shape index (κ2) is 5.92. The Morgan fingerprint density at radius 1 is 1.32 bits per heavy atom. The van der Waals surface area contributed by atoms with E-state index < -0.39 is 0 Å². The first-order valence-corrected chi connectivity index (χ1v) is 7.17. The molecule has 0 aromatic carbocycles. The molecule has 0 aliphatic carbocycles. The summed E-state index contributed by atoms with van der Waals surface area (Å²) in [7, 11) is 6.17. The fourth-order valence-corrected chi connectivity index (χ4v) is 2.60. The van der Waals surface area contributed by atoms with E-state index in [9.17, 15) is 0 Å². The number of nitrogens with zero attached hydrogens (tertiary/aromatic N) is 5. The van der Waals surface area contributed by atoms with Gasteiger partial charge in [0.2, 0.25) is 0 Å². The van der Waals surface area contributed by atoms with E-state index in [2.05, 4.69) is 28.7 Å². The van der Waals surface area contributed by atoms with Gasteiger partial charge in [0.1, 0.15) is 11.3 Å². The average molecular weight is 284 g/mol. The van der Waals surface area contributed by atoms with Gasteiger partial charge in [-0.3, -0.25) is 4.68 Å². The van der Waals surface area contributed by atoms with Crippen molar-refractivity contribution in [1.82, 2.24) is 24.2 Å². The molecule has 0 aliphatic heterocycles. The van der Waals surface area contributed by atoms with Crippen LogP contribution in [0.3, 0.4) is 0 Å². The lowest BCUT2D eigenvalue weighted by Crippen LogP contribution is -2.16. The number of hydrogen-bond donors (Lipinski definition) is 0. The molecule has 0 saturated heterocycles. The van der Waals surface area contributed by atoms with E-state index in [0.717, 1.165) is 48.6 Å². The summed E-state index contributed by atoms with van der Waals surface area (Å²) < 4.78 is 4.19. The van der Waals surface area contributed by atoms with Crippen molar-refractivity contribution in [2.45, 2.75) is 26.3 Å². The average Bonchev–Trinajstić information content (AvgIpc) is 2.80. The second-order valence-corrected chi connectivity index (χ2v) is 5.53. The standard InChI is InChI=1S/C13H22ClN5/c1-10-12-13(18(4)16-10)19(9-5-8-17(2)3)11(15-12)6-7-14/h5-9H2,1-4H3. The van der Waals surface area contributed by atoms with Crippen LogP contribution in [-0.2, 0) is 20.0 Å². The summed E-state index contributed by atoms with van der Waals surface area (Å²) >= 11 is 5.88. The fraction of sp³-hybridized carbons (Fsp3) is 0.692. The van der Waals surface area contributed by atoms with Crippen molar-refractivity contribution in [3.05, 3.63) is 11.5 Å². The molecule has 0 atom stereocenters. The molecular weight excluding hydrogens is 262 g/mol. The van der Waals surface area contributed by atoms with Gasteiger partial charge in [-0.15, -0.1) is 11.6 Å². The molecule has 19 heavy (non-hydrogen) atoms. The van der Waals surface area contributed by atoms with Gasteiger partial charge in [-0.05, 0) is 34.0 Å². The fourth-order valence-electron chi connectivity index (χ4n) is 2.44. The van der Waals surface area contributed by atoms with Crippen LogP contribution in [0.4, 0.5) is 0 Å². The van der Waals surface area contributed by atoms with Gasteiger partial charge in [-0.2, -0.15) is 5.10 Å². The Bertz CT molecular complexity index is 555. The largest absolute Gasteiger partial charge is 0.313 e. The first-order chi connectivity index (χ1) is 9.04. The van der Waals surface area contributed by atoms with E-state index in [-0.39, 0.29) is 0 Å². The third-order valence-corrected chi connectivity index (χ3v) is 3.46. The number of fused-ring (bicyclic) bond motifs is 1. The van der Waals surface area contributed by atoms with Gasteiger partial charge in [0.15, 0.2) is 5.65 Å². The molecule has 0 bridgehead atoms. The zero-order valence-corrected chi connectivity index (χ0v) is 12.9. The smallest absolute Gasteiger partial charge is 0.158 e. The van der Waals surface area contributed by atoms with Crippen LogP contribution in [0.5, 0.6) is 0 Å². The summed E-state index contributed by atoms with van der Waals surface area (Å²) in [4.78, 5) is 6.90. The molecule has 0 amide bonds. The van der Waals surface area contributed by atoms with Gasteiger partial charge in [0.05, 0.1) is 5.69 Å². The van der Waals surface area contributed by atoms with E-state index in [1.54, 1.807) is 0 Å². The lowest BCUT2D eigenvalue weighted by Gasteiger charge is -2.12. The first-order valence-electron chi connectivity index (χ1n) is 6.64. The van der Waals surface area contributed by atoms with Crippen molar-refractivity contribution >= 4 is 22.8 Å². The third-order valence-electron chi connectivity index (χ3n) is 3.27. The molecule has 2 rings (SSSR count). The predicted molar refractivity (Wildman–Crippen MR) is 78.8 cm³/mol. The highest BCUT2D eigenvalue weighted by Gasteiger charge is 2.16. The minimum atomic E-state index is 0.601. The van der Waals surface area contributed by atoms with Gasteiger partial charge >= 0.3 is 0 Å². The second-order valence-electron chi connectivity index (χ2n) is 5.16. The molecule has 0 saturated carbocycles. The van der Waals surface area contributed by atoms with Crippen molar-refractivity contribution in [3.8, 4) is 0 Å².